The standard InChI is InChI=1S/C28H35F2N7O4/c1-17(35-23(38)15-33-27(40)41-28(2,3)4)13-32-26(39)21-12-22(30)24(19-14-34-37(5)16-19)36-25(21)31-10-9-18-7-6-8-20(29)11-18/h6-8,11-12,14,16-17H,9-10,13,15H2,1-5H3,(H,31,36)(H,32,39)(H,33,40)(H,35,38)/t17-/m1/s1. The van der Waals surface area contributed by atoms with E-state index in [2.05, 4.69) is 31.3 Å². The lowest BCUT2D eigenvalue weighted by Crippen LogP contribution is -2.46. The Labute approximate surface area is 237 Å². The highest BCUT2D eigenvalue weighted by Crippen LogP contribution is 2.25. The topological polar surface area (TPSA) is 139 Å². The van der Waals surface area contributed by atoms with E-state index in [0.717, 1.165) is 11.6 Å². The third kappa shape index (κ3) is 9.85. The fraction of sp³-hybridized carbons (Fsp3) is 0.393. The van der Waals surface area contributed by atoms with Crippen LogP contribution in [0, 0.1) is 11.6 Å². The molecular weight excluding hydrogens is 536 g/mol. The van der Waals surface area contributed by atoms with E-state index in [4.69, 9.17) is 4.74 Å². The summed E-state index contributed by atoms with van der Waals surface area (Å²) in [5, 5.41) is 14.8. The molecule has 3 amide bonds. The number of ether oxygens (including phenoxy) is 1. The number of benzene rings is 1. The van der Waals surface area contributed by atoms with Crippen molar-refractivity contribution in [2.24, 2.45) is 7.05 Å². The summed E-state index contributed by atoms with van der Waals surface area (Å²) >= 11 is 0. The van der Waals surface area contributed by atoms with Crippen molar-refractivity contribution in [2.45, 2.75) is 45.8 Å². The number of aryl methyl sites for hydroxylation is 1. The molecule has 4 N–H and O–H groups in total. The molecule has 0 saturated heterocycles. The summed E-state index contributed by atoms with van der Waals surface area (Å²) in [6.07, 6.45) is 2.77. The minimum Gasteiger partial charge on any atom is -0.444 e. The minimum atomic E-state index is -0.727. The average Bonchev–Trinajstić information content (AvgIpc) is 3.31. The molecule has 0 aliphatic rings. The van der Waals surface area contributed by atoms with Crippen LogP contribution >= 0.6 is 0 Å². The first-order chi connectivity index (χ1) is 19.3. The van der Waals surface area contributed by atoms with Crippen LogP contribution in [0.25, 0.3) is 11.3 Å². The smallest absolute Gasteiger partial charge is 0.408 e. The van der Waals surface area contributed by atoms with Crippen LogP contribution in [-0.2, 0) is 23.0 Å². The first-order valence-electron chi connectivity index (χ1n) is 13.0. The second-order valence-electron chi connectivity index (χ2n) is 10.5. The molecule has 0 bridgehead atoms. The normalized spacial score (nSPS) is 11.9. The molecule has 2 aromatic heterocycles. The zero-order valence-electron chi connectivity index (χ0n) is 23.7. The number of aromatic nitrogens is 3. The van der Waals surface area contributed by atoms with E-state index in [1.165, 1.54) is 23.0 Å². The Morgan fingerprint density at radius 3 is 2.54 bits per heavy atom. The maximum atomic E-state index is 15.1. The minimum absolute atomic E-state index is 0.0148. The molecule has 1 aromatic carbocycles. The van der Waals surface area contributed by atoms with Gasteiger partial charge in [0.2, 0.25) is 5.91 Å². The van der Waals surface area contributed by atoms with Crippen LogP contribution in [0.4, 0.5) is 19.4 Å². The van der Waals surface area contributed by atoms with Crippen molar-refractivity contribution in [3.63, 3.8) is 0 Å². The van der Waals surface area contributed by atoms with Gasteiger partial charge in [-0.15, -0.1) is 0 Å². The molecular formula is C28H35F2N7O4. The lowest BCUT2D eigenvalue weighted by atomic mass is 10.1. The molecule has 0 radical (unpaired) electrons. The number of halogens is 2. The summed E-state index contributed by atoms with van der Waals surface area (Å²) in [4.78, 5) is 41.4. The van der Waals surface area contributed by atoms with Crippen molar-refractivity contribution in [3.8, 4) is 11.3 Å². The van der Waals surface area contributed by atoms with Gasteiger partial charge in [0.25, 0.3) is 5.91 Å². The number of amides is 3. The van der Waals surface area contributed by atoms with Gasteiger partial charge in [0.15, 0.2) is 5.82 Å². The zero-order valence-corrected chi connectivity index (χ0v) is 23.7. The van der Waals surface area contributed by atoms with E-state index in [0.29, 0.717) is 18.5 Å². The van der Waals surface area contributed by atoms with E-state index in [1.54, 1.807) is 53.1 Å². The summed E-state index contributed by atoms with van der Waals surface area (Å²) in [7, 11) is 1.69. The van der Waals surface area contributed by atoms with Gasteiger partial charge in [0, 0.05) is 37.9 Å². The maximum absolute atomic E-state index is 15.1. The van der Waals surface area contributed by atoms with Crippen molar-refractivity contribution in [1.29, 1.82) is 0 Å². The summed E-state index contributed by atoms with van der Waals surface area (Å²) in [5.41, 5.74) is 0.446. The predicted octanol–water partition coefficient (Wildman–Crippen LogP) is 3.17. The summed E-state index contributed by atoms with van der Waals surface area (Å²) in [5.74, 6) is -2.03. The second kappa shape index (κ2) is 13.7. The number of rotatable bonds is 11. The van der Waals surface area contributed by atoms with Gasteiger partial charge in [-0.05, 0) is 57.9 Å². The molecule has 0 aliphatic carbocycles. The molecule has 0 spiro atoms. The van der Waals surface area contributed by atoms with Crippen LogP contribution in [0.3, 0.4) is 0 Å². The molecule has 41 heavy (non-hydrogen) atoms. The average molecular weight is 572 g/mol. The molecule has 1 atom stereocenters. The van der Waals surface area contributed by atoms with Gasteiger partial charge >= 0.3 is 6.09 Å². The Morgan fingerprint density at radius 2 is 1.88 bits per heavy atom. The Bertz CT molecular complexity index is 1390. The van der Waals surface area contributed by atoms with E-state index < -0.39 is 35.4 Å². The molecule has 0 fully saturated rings. The summed E-state index contributed by atoms with van der Waals surface area (Å²) < 4.78 is 35.2. The lowest BCUT2D eigenvalue weighted by molar-refractivity contribution is -0.120. The third-order valence-corrected chi connectivity index (χ3v) is 5.56. The molecule has 3 aromatic rings. The fourth-order valence-corrected chi connectivity index (χ4v) is 3.74. The molecule has 3 rings (SSSR count). The molecule has 220 valence electrons. The van der Waals surface area contributed by atoms with Crippen LogP contribution in [0.15, 0.2) is 42.7 Å². The van der Waals surface area contributed by atoms with Gasteiger partial charge in [-0.25, -0.2) is 18.6 Å². The number of hydrogen-bond donors (Lipinski definition) is 4. The molecule has 0 unspecified atom stereocenters. The van der Waals surface area contributed by atoms with Gasteiger partial charge in [-0.3, -0.25) is 14.3 Å². The van der Waals surface area contributed by atoms with Crippen LogP contribution in [0.5, 0.6) is 0 Å². The van der Waals surface area contributed by atoms with Gasteiger partial charge < -0.3 is 26.0 Å². The van der Waals surface area contributed by atoms with Crippen LogP contribution < -0.4 is 21.3 Å². The second-order valence-corrected chi connectivity index (χ2v) is 10.5. The van der Waals surface area contributed by atoms with Gasteiger partial charge in [-0.1, -0.05) is 12.1 Å². The lowest BCUT2D eigenvalue weighted by Gasteiger charge is -2.20. The zero-order chi connectivity index (χ0) is 30.2. The van der Waals surface area contributed by atoms with Crippen molar-refractivity contribution >= 4 is 23.7 Å². The van der Waals surface area contributed by atoms with Crippen LogP contribution in [0.1, 0.15) is 43.6 Å². The summed E-state index contributed by atoms with van der Waals surface area (Å²) in [6.45, 7) is 6.78. The van der Waals surface area contributed by atoms with Crippen molar-refractivity contribution < 1.29 is 27.9 Å². The van der Waals surface area contributed by atoms with Gasteiger partial charge in [-0.2, -0.15) is 5.10 Å². The number of alkyl carbamates (subject to hydrolysis) is 1. The number of pyridine rings is 1. The van der Waals surface area contributed by atoms with Crippen LogP contribution in [0.2, 0.25) is 0 Å². The van der Waals surface area contributed by atoms with Gasteiger partial charge in [0.05, 0.1) is 11.8 Å². The van der Waals surface area contributed by atoms with E-state index in [-0.39, 0.29) is 36.0 Å². The maximum Gasteiger partial charge on any atom is 0.408 e. The van der Waals surface area contributed by atoms with Gasteiger partial charge in [0.1, 0.15) is 29.5 Å². The van der Waals surface area contributed by atoms with Crippen molar-refractivity contribution in [1.82, 2.24) is 30.7 Å². The Kier molecular flexibility index (Phi) is 10.3. The molecule has 0 aliphatic heterocycles. The monoisotopic (exact) mass is 571 g/mol. The number of nitrogens with zero attached hydrogens (tertiary/aromatic N) is 3. The highest BCUT2D eigenvalue weighted by molar-refractivity contribution is 5.99. The quantitative estimate of drug-likeness (QED) is 0.277. The van der Waals surface area contributed by atoms with E-state index >= 15 is 4.39 Å². The number of anilines is 1. The highest BCUT2D eigenvalue weighted by Gasteiger charge is 2.21. The third-order valence-electron chi connectivity index (χ3n) is 5.56. The highest BCUT2D eigenvalue weighted by atomic mass is 19.1. The Morgan fingerprint density at radius 1 is 1.12 bits per heavy atom. The van der Waals surface area contributed by atoms with E-state index in [9.17, 15) is 18.8 Å². The van der Waals surface area contributed by atoms with Crippen molar-refractivity contribution in [2.75, 3.05) is 25.0 Å². The molecule has 11 nitrogen and oxygen atoms in total. The first-order valence-corrected chi connectivity index (χ1v) is 13.0. The Hall–Kier alpha value is -4.55. The molecule has 2 heterocycles. The van der Waals surface area contributed by atoms with E-state index in [1.807, 2.05) is 0 Å². The first kappa shape index (κ1) is 31.0. The largest absolute Gasteiger partial charge is 0.444 e. The Balaban J connectivity index is 1.65. The van der Waals surface area contributed by atoms with Crippen molar-refractivity contribution in [3.05, 3.63) is 65.5 Å². The number of hydrogen-bond acceptors (Lipinski definition) is 7. The molecule has 0 saturated carbocycles. The SMILES string of the molecule is C[C@H](CNC(=O)c1cc(F)c(-c2cnn(C)c2)nc1NCCc1cccc(F)c1)NC(=O)CNC(=O)OC(C)(C)C. The number of carbonyl (C=O) groups excluding carboxylic acids is 3. The summed E-state index contributed by atoms with van der Waals surface area (Å²) in [6, 6.07) is 6.71. The molecule has 13 heteroatoms. The number of nitrogens with one attached hydrogen (secondary N) is 4. The predicted molar refractivity (Wildman–Crippen MR) is 149 cm³/mol. The fourth-order valence-electron chi connectivity index (χ4n) is 3.74. The number of carbonyl (C=O) groups is 3. The van der Waals surface area contributed by atoms with Crippen LogP contribution in [-0.4, -0.2) is 63.9 Å².